The number of thioether (sulfide) groups is 1. The highest BCUT2D eigenvalue weighted by atomic mass is 32.3. The lowest BCUT2D eigenvalue weighted by Gasteiger charge is -2.24. The van der Waals surface area contributed by atoms with Crippen LogP contribution in [0.3, 0.4) is 0 Å². The molecular formula is C22H19NOS2. The standard InChI is InChI=1S/C22H19NOS2/c1-2-25-22-21(17-11-5-3-6-12-17)19-15-9-10-16-20(19)23-26(22,24)18-13-7-4-8-14-18/h3-16H,2H2,1H3. The molecule has 1 heterocycles. The summed E-state index contributed by atoms with van der Waals surface area (Å²) < 4.78 is 19.9. The monoisotopic (exact) mass is 377 g/mol. The second-order valence-corrected chi connectivity index (χ2v) is 9.56. The van der Waals surface area contributed by atoms with E-state index in [1.807, 2.05) is 66.7 Å². The molecule has 1 unspecified atom stereocenters. The van der Waals surface area contributed by atoms with Gasteiger partial charge in [-0.2, -0.15) is 4.36 Å². The summed E-state index contributed by atoms with van der Waals surface area (Å²) in [6.07, 6.45) is 0. The molecular weight excluding hydrogens is 358 g/mol. The topological polar surface area (TPSA) is 29.4 Å². The van der Waals surface area contributed by atoms with Gasteiger partial charge in [0.05, 0.1) is 14.8 Å². The van der Waals surface area contributed by atoms with Crippen LogP contribution < -0.4 is 0 Å². The molecule has 0 fully saturated rings. The van der Waals surface area contributed by atoms with Gasteiger partial charge in [0.15, 0.2) is 0 Å². The first-order valence-electron chi connectivity index (χ1n) is 8.58. The Kier molecular flexibility index (Phi) is 4.70. The minimum absolute atomic E-state index is 0.763. The van der Waals surface area contributed by atoms with Crippen LogP contribution in [0.25, 0.3) is 5.57 Å². The third-order valence-electron chi connectivity index (χ3n) is 4.26. The van der Waals surface area contributed by atoms with Gasteiger partial charge in [0, 0.05) is 11.1 Å². The SMILES string of the molecule is CCSC1=C(c2ccccc2)c2ccccc2N=S1(=O)c1ccccc1. The molecule has 0 spiro atoms. The normalized spacial score (nSPS) is 19.0. The Morgan fingerprint density at radius 1 is 0.846 bits per heavy atom. The lowest BCUT2D eigenvalue weighted by Crippen LogP contribution is -2.10. The van der Waals surface area contributed by atoms with E-state index in [1.165, 1.54) is 0 Å². The van der Waals surface area contributed by atoms with Crippen LogP contribution in [-0.4, -0.2) is 9.96 Å². The first-order chi connectivity index (χ1) is 12.7. The molecule has 0 aromatic heterocycles. The number of nitrogens with zero attached hydrogens (tertiary/aromatic N) is 1. The minimum Gasteiger partial charge on any atom is -0.239 e. The van der Waals surface area contributed by atoms with E-state index < -0.39 is 9.73 Å². The van der Waals surface area contributed by atoms with Crippen molar-refractivity contribution in [1.29, 1.82) is 0 Å². The molecule has 0 bridgehead atoms. The summed E-state index contributed by atoms with van der Waals surface area (Å²) in [6.45, 7) is 2.09. The Bertz CT molecular complexity index is 1080. The molecule has 0 amide bonds. The highest BCUT2D eigenvalue weighted by Crippen LogP contribution is 2.47. The summed E-state index contributed by atoms with van der Waals surface area (Å²) in [6, 6.07) is 27.8. The molecule has 0 saturated carbocycles. The molecule has 4 rings (SSSR count). The average Bonchev–Trinajstić information content (AvgIpc) is 2.70. The van der Waals surface area contributed by atoms with Crippen molar-refractivity contribution in [3.05, 3.63) is 100 Å². The number of rotatable bonds is 4. The third kappa shape index (κ3) is 2.89. The fourth-order valence-corrected chi connectivity index (χ4v) is 7.02. The van der Waals surface area contributed by atoms with Crippen molar-refractivity contribution in [2.75, 3.05) is 5.75 Å². The number of benzene rings is 3. The molecule has 1 atom stereocenters. The van der Waals surface area contributed by atoms with Crippen LogP contribution in [0.15, 0.2) is 98.4 Å². The van der Waals surface area contributed by atoms with Crippen molar-refractivity contribution in [1.82, 2.24) is 0 Å². The zero-order chi connectivity index (χ0) is 18.0. The van der Waals surface area contributed by atoms with Crippen molar-refractivity contribution in [2.24, 2.45) is 4.36 Å². The van der Waals surface area contributed by atoms with Gasteiger partial charge in [-0.3, -0.25) is 0 Å². The largest absolute Gasteiger partial charge is 0.239 e. The van der Waals surface area contributed by atoms with Gasteiger partial charge in [-0.25, -0.2) is 4.21 Å². The van der Waals surface area contributed by atoms with Gasteiger partial charge in [-0.05, 0) is 29.5 Å². The van der Waals surface area contributed by atoms with E-state index in [1.54, 1.807) is 11.8 Å². The molecule has 130 valence electrons. The fraction of sp³-hybridized carbons (Fsp3) is 0.0909. The van der Waals surface area contributed by atoms with Crippen molar-refractivity contribution in [2.45, 2.75) is 11.8 Å². The Balaban J connectivity index is 2.12. The molecule has 0 radical (unpaired) electrons. The van der Waals surface area contributed by atoms with Crippen LogP contribution in [0, 0.1) is 0 Å². The van der Waals surface area contributed by atoms with Crippen molar-refractivity contribution in [3.8, 4) is 0 Å². The third-order valence-corrected chi connectivity index (χ3v) is 8.11. The molecule has 3 aromatic carbocycles. The Labute approximate surface area is 159 Å². The van der Waals surface area contributed by atoms with Crippen molar-refractivity contribution in [3.63, 3.8) is 0 Å². The Hall–Kier alpha value is -2.30. The van der Waals surface area contributed by atoms with Gasteiger partial charge in [0.1, 0.15) is 9.73 Å². The zero-order valence-electron chi connectivity index (χ0n) is 14.5. The van der Waals surface area contributed by atoms with E-state index >= 15 is 0 Å². The number of fused-ring (bicyclic) bond motifs is 1. The molecule has 4 heteroatoms. The maximum atomic E-state index is 14.2. The maximum absolute atomic E-state index is 14.2. The van der Waals surface area contributed by atoms with E-state index in [9.17, 15) is 4.21 Å². The molecule has 1 aliphatic rings. The van der Waals surface area contributed by atoms with Crippen molar-refractivity contribution >= 4 is 32.8 Å². The lowest BCUT2D eigenvalue weighted by atomic mass is 9.98. The second kappa shape index (κ2) is 7.14. The van der Waals surface area contributed by atoms with E-state index in [-0.39, 0.29) is 0 Å². The van der Waals surface area contributed by atoms with Crippen LogP contribution in [0.2, 0.25) is 0 Å². The molecule has 1 aliphatic heterocycles. The predicted molar refractivity (Wildman–Crippen MR) is 112 cm³/mol. The predicted octanol–water partition coefficient (Wildman–Crippen LogP) is 6.33. The first-order valence-corrected chi connectivity index (χ1v) is 11.1. The number of hydrogen-bond donors (Lipinski definition) is 0. The highest BCUT2D eigenvalue weighted by molar-refractivity contribution is 8.19. The lowest BCUT2D eigenvalue weighted by molar-refractivity contribution is 0.682. The Morgan fingerprint density at radius 3 is 2.15 bits per heavy atom. The Morgan fingerprint density at radius 2 is 1.46 bits per heavy atom. The quantitative estimate of drug-likeness (QED) is 0.532. The van der Waals surface area contributed by atoms with Gasteiger partial charge in [-0.1, -0.05) is 73.7 Å². The van der Waals surface area contributed by atoms with Gasteiger partial charge in [0.2, 0.25) is 0 Å². The smallest absolute Gasteiger partial charge is 0.115 e. The first kappa shape index (κ1) is 17.1. The van der Waals surface area contributed by atoms with E-state index in [0.717, 1.165) is 37.3 Å². The van der Waals surface area contributed by atoms with Gasteiger partial charge in [0.25, 0.3) is 0 Å². The van der Waals surface area contributed by atoms with Gasteiger partial charge in [-0.15, -0.1) is 11.8 Å². The second-order valence-electron chi connectivity index (χ2n) is 5.91. The average molecular weight is 378 g/mol. The zero-order valence-corrected chi connectivity index (χ0v) is 16.1. The van der Waals surface area contributed by atoms with E-state index in [4.69, 9.17) is 4.36 Å². The maximum Gasteiger partial charge on any atom is 0.115 e. The van der Waals surface area contributed by atoms with Gasteiger partial charge < -0.3 is 0 Å². The van der Waals surface area contributed by atoms with Gasteiger partial charge >= 0.3 is 0 Å². The molecule has 0 saturated heterocycles. The van der Waals surface area contributed by atoms with Crippen molar-refractivity contribution < 1.29 is 4.21 Å². The summed E-state index contributed by atoms with van der Waals surface area (Å²) in [7, 11) is -2.71. The summed E-state index contributed by atoms with van der Waals surface area (Å²) in [4.78, 5) is 0.763. The summed E-state index contributed by atoms with van der Waals surface area (Å²) in [5.74, 6) is 0.840. The summed E-state index contributed by atoms with van der Waals surface area (Å²) in [5.41, 5.74) is 3.96. The number of hydrogen-bond acceptors (Lipinski definition) is 3. The molecule has 2 nitrogen and oxygen atoms in total. The summed E-state index contributed by atoms with van der Waals surface area (Å²) >= 11 is 1.63. The highest BCUT2D eigenvalue weighted by Gasteiger charge is 2.30. The minimum atomic E-state index is -2.71. The fourth-order valence-electron chi connectivity index (χ4n) is 3.12. The van der Waals surface area contributed by atoms with Crippen LogP contribution in [0.5, 0.6) is 0 Å². The summed E-state index contributed by atoms with van der Waals surface area (Å²) in [5, 5.41) is 0. The van der Waals surface area contributed by atoms with Crippen LogP contribution in [0.1, 0.15) is 18.1 Å². The molecule has 3 aromatic rings. The van der Waals surface area contributed by atoms with E-state index in [2.05, 4.69) is 25.1 Å². The molecule has 0 aliphatic carbocycles. The molecule has 26 heavy (non-hydrogen) atoms. The van der Waals surface area contributed by atoms with Crippen LogP contribution in [-0.2, 0) is 9.73 Å². The van der Waals surface area contributed by atoms with Crippen LogP contribution in [0.4, 0.5) is 5.69 Å². The molecule has 0 N–H and O–H groups in total. The van der Waals surface area contributed by atoms with Crippen LogP contribution >= 0.6 is 11.8 Å². The van der Waals surface area contributed by atoms with E-state index in [0.29, 0.717) is 0 Å².